The second-order valence-electron chi connectivity index (χ2n) is 2.70. The van der Waals surface area contributed by atoms with Gasteiger partial charge in [-0.25, -0.2) is 4.79 Å². The first kappa shape index (κ1) is 13.3. The van der Waals surface area contributed by atoms with Crippen molar-refractivity contribution in [2.75, 3.05) is 13.7 Å². The average Bonchev–Trinajstić information content (AvgIpc) is 2.23. The molecule has 0 saturated heterocycles. The molecule has 0 heterocycles. The molecule has 84 valence electrons. The predicted molar refractivity (Wildman–Crippen MR) is 43.1 cm³/mol. The Morgan fingerprint density at radius 1 is 1.21 bits per heavy atom. The van der Waals surface area contributed by atoms with E-state index in [9.17, 15) is 4.79 Å². The Labute approximate surface area is 80.2 Å². The Kier molecular flexibility index (Phi) is 5.58. The Morgan fingerprint density at radius 3 is 2.07 bits per heavy atom. The zero-order valence-electron chi connectivity index (χ0n) is 7.57. The molecule has 0 aromatic heterocycles. The number of aliphatic hydroxyl groups excluding tert-OH is 5. The monoisotopic (exact) mass is 210 g/mol. The highest BCUT2D eigenvalue weighted by atomic mass is 16.5. The van der Waals surface area contributed by atoms with Crippen molar-refractivity contribution in [2.45, 2.75) is 24.4 Å². The normalized spacial score (nSPS) is 19.6. The van der Waals surface area contributed by atoms with Gasteiger partial charge in [-0.1, -0.05) is 0 Å². The minimum Gasteiger partial charge on any atom is -0.467 e. The molecule has 0 spiro atoms. The molecule has 0 aliphatic carbocycles. The maximum absolute atomic E-state index is 10.7. The van der Waals surface area contributed by atoms with E-state index < -0.39 is 37.0 Å². The van der Waals surface area contributed by atoms with Crippen LogP contribution in [0, 0.1) is 0 Å². The third-order valence-electron chi connectivity index (χ3n) is 1.70. The largest absolute Gasteiger partial charge is 0.467 e. The van der Waals surface area contributed by atoms with E-state index in [1.165, 1.54) is 0 Å². The van der Waals surface area contributed by atoms with Crippen molar-refractivity contribution in [1.29, 1.82) is 0 Å². The van der Waals surface area contributed by atoms with Gasteiger partial charge in [0, 0.05) is 0 Å². The molecule has 0 amide bonds. The number of carbonyl (C=O) groups is 1. The van der Waals surface area contributed by atoms with Gasteiger partial charge in [-0.05, 0) is 0 Å². The maximum atomic E-state index is 10.7. The Balaban J connectivity index is 4.30. The van der Waals surface area contributed by atoms with Gasteiger partial charge in [-0.15, -0.1) is 0 Å². The van der Waals surface area contributed by atoms with Gasteiger partial charge in [-0.2, -0.15) is 0 Å². The molecule has 0 aliphatic rings. The zero-order chi connectivity index (χ0) is 11.3. The summed E-state index contributed by atoms with van der Waals surface area (Å²) in [5.41, 5.74) is 0. The van der Waals surface area contributed by atoms with Crippen LogP contribution in [0.2, 0.25) is 0 Å². The SMILES string of the molecule is COC(=O)[C@@H](O)[C@@H](O)[C@H](O)[C@H](O)CO. The molecule has 5 N–H and O–H groups in total. The fourth-order valence-corrected chi connectivity index (χ4v) is 0.783. The number of rotatable bonds is 5. The smallest absolute Gasteiger partial charge is 0.337 e. The van der Waals surface area contributed by atoms with Gasteiger partial charge in [-0.3, -0.25) is 0 Å². The topological polar surface area (TPSA) is 127 Å². The van der Waals surface area contributed by atoms with Crippen molar-refractivity contribution in [3.8, 4) is 0 Å². The summed E-state index contributed by atoms with van der Waals surface area (Å²) in [6, 6.07) is 0. The average molecular weight is 210 g/mol. The van der Waals surface area contributed by atoms with Crippen LogP contribution >= 0.6 is 0 Å². The first-order chi connectivity index (χ1) is 6.45. The van der Waals surface area contributed by atoms with E-state index in [2.05, 4.69) is 4.74 Å². The van der Waals surface area contributed by atoms with E-state index in [0.29, 0.717) is 0 Å². The summed E-state index contributed by atoms with van der Waals surface area (Å²) in [4.78, 5) is 10.7. The third-order valence-corrected chi connectivity index (χ3v) is 1.70. The Morgan fingerprint density at radius 2 is 1.71 bits per heavy atom. The minimum absolute atomic E-state index is 0.799. The van der Waals surface area contributed by atoms with Crippen molar-refractivity contribution < 1.29 is 35.1 Å². The summed E-state index contributed by atoms with van der Waals surface area (Å²) in [5, 5.41) is 44.5. The number of carbonyl (C=O) groups excluding carboxylic acids is 1. The highest BCUT2D eigenvalue weighted by molar-refractivity contribution is 5.75. The molecular formula is C7H14O7. The van der Waals surface area contributed by atoms with Gasteiger partial charge in [0.1, 0.15) is 18.3 Å². The van der Waals surface area contributed by atoms with Crippen molar-refractivity contribution in [3.05, 3.63) is 0 Å². The predicted octanol–water partition coefficient (Wildman–Crippen LogP) is -3.40. The molecule has 0 aromatic rings. The lowest BCUT2D eigenvalue weighted by molar-refractivity contribution is -0.167. The lowest BCUT2D eigenvalue weighted by Gasteiger charge is -2.23. The number of aliphatic hydroxyl groups is 5. The van der Waals surface area contributed by atoms with Gasteiger partial charge < -0.3 is 30.3 Å². The lowest BCUT2D eigenvalue weighted by Crippen LogP contribution is -2.48. The summed E-state index contributed by atoms with van der Waals surface area (Å²) < 4.78 is 4.09. The molecule has 0 unspecified atom stereocenters. The van der Waals surface area contributed by atoms with Crippen molar-refractivity contribution in [1.82, 2.24) is 0 Å². The van der Waals surface area contributed by atoms with Crippen LogP contribution in [0.25, 0.3) is 0 Å². The molecule has 0 rings (SSSR count). The highest BCUT2D eigenvalue weighted by Gasteiger charge is 2.34. The Hall–Kier alpha value is -0.730. The lowest BCUT2D eigenvalue weighted by atomic mass is 10.0. The molecule has 0 bridgehead atoms. The van der Waals surface area contributed by atoms with Crippen LogP contribution < -0.4 is 0 Å². The quantitative estimate of drug-likeness (QED) is 0.299. The summed E-state index contributed by atoms with van der Waals surface area (Å²) in [5.74, 6) is -1.14. The van der Waals surface area contributed by atoms with E-state index in [4.69, 9.17) is 25.5 Å². The summed E-state index contributed by atoms with van der Waals surface area (Å²) in [6.07, 6.45) is -7.33. The van der Waals surface area contributed by atoms with Gasteiger partial charge >= 0.3 is 5.97 Å². The molecule has 7 heteroatoms. The second-order valence-corrected chi connectivity index (χ2v) is 2.70. The Bertz CT molecular complexity index is 183. The summed E-state index contributed by atoms with van der Waals surface area (Å²) in [7, 11) is 0.993. The van der Waals surface area contributed by atoms with Crippen LogP contribution in [0.5, 0.6) is 0 Å². The molecule has 4 atom stereocenters. The number of esters is 1. The second kappa shape index (κ2) is 5.89. The number of ether oxygens (including phenoxy) is 1. The van der Waals surface area contributed by atoms with Crippen molar-refractivity contribution in [2.24, 2.45) is 0 Å². The third kappa shape index (κ3) is 3.20. The molecule has 0 aromatic carbocycles. The van der Waals surface area contributed by atoms with Crippen LogP contribution in [0.15, 0.2) is 0 Å². The van der Waals surface area contributed by atoms with Crippen LogP contribution in [-0.4, -0.2) is 69.6 Å². The molecule has 0 radical (unpaired) electrons. The van der Waals surface area contributed by atoms with E-state index in [-0.39, 0.29) is 0 Å². The van der Waals surface area contributed by atoms with E-state index >= 15 is 0 Å². The molecular weight excluding hydrogens is 196 g/mol. The summed E-state index contributed by atoms with van der Waals surface area (Å²) >= 11 is 0. The number of hydrogen-bond acceptors (Lipinski definition) is 7. The fourth-order valence-electron chi connectivity index (χ4n) is 0.783. The maximum Gasteiger partial charge on any atom is 0.337 e. The van der Waals surface area contributed by atoms with Gasteiger partial charge in [0.2, 0.25) is 0 Å². The van der Waals surface area contributed by atoms with Crippen molar-refractivity contribution in [3.63, 3.8) is 0 Å². The van der Waals surface area contributed by atoms with E-state index in [1.807, 2.05) is 0 Å². The van der Waals surface area contributed by atoms with Gasteiger partial charge in [0.15, 0.2) is 6.10 Å². The molecule has 0 aliphatic heterocycles. The van der Waals surface area contributed by atoms with Gasteiger partial charge in [0.25, 0.3) is 0 Å². The first-order valence-electron chi connectivity index (χ1n) is 3.86. The van der Waals surface area contributed by atoms with Crippen LogP contribution in [0.4, 0.5) is 0 Å². The molecule has 0 saturated carbocycles. The zero-order valence-corrected chi connectivity index (χ0v) is 7.57. The van der Waals surface area contributed by atoms with Crippen molar-refractivity contribution >= 4 is 5.97 Å². The number of methoxy groups -OCH3 is 1. The molecule has 0 fully saturated rings. The van der Waals surface area contributed by atoms with E-state index in [0.717, 1.165) is 7.11 Å². The van der Waals surface area contributed by atoms with Crippen LogP contribution in [0.1, 0.15) is 0 Å². The van der Waals surface area contributed by atoms with Crippen LogP contribution in [0.3, 0.4) is 0 Å². The standard InChI is InChI=1S/C7H14O7/c1-14-7(13)6(12)5(11)4(10)3(9)2-8/h3-6,8-12H,2H2,1H3/t3-,4-,5+,6+/m1/s1. The summed E-state index contributed by atoms with van der Waals surface area (Å²) in [6.45, 7) is -0.799. The van der Waals surface area contributed by atoms with Gasteiger partial charge in [0.05, 0.1) is 13.7 Å². The van der Waals surface area contributed by atoms with Crippen LogP contribution in [-0.2, 0) is 9.53 Å². The highest BCUT2D eigenvalue weighted by Crippen LogP contribution is 2.05. The van der Waals surface area contributed by atoms with E-state index in [1.54, 1.807) is 0 Å². The first-order valence-corrected chi connectivity index (χ1v) is 3.86. The molecule has 7 nitrogen and oxygen atoms in total. The minimum atomic E-state index is -1.96. The molecule has 14 heavy (non-hydrogen) atoms. The fraction of sp³-hybridized carbons (Fsp3) is 0.857. The number of hydrogen-bond donors (Lipinski definition) is 5.